The van der Waals surface area contributed by atoms with Gasteiger partial charge in [0.25, 0.3) is 0 Å². The molecule has 5 nitrogen and oxygen atoms in total. The Morgan fingerprint density at radius 1 is 1.30 bits per heavy atom. The Bertz CT molecular complexity index is 649. The Morgan fingerprint density at radius 3 is 2.78 bits per heavy atom. The van der Waals surface area contributed by atoms with Gasteiger partial charge in [-0.05, 0) is 18.9 Å². The summed E-state index contributed by atoms with van der Waals surface area (Å²) in [5, 5.41) is 16.6. The van der Waals surface area contributed by atoms with E-state index in [1.807, 2.05) is 37.3 Å². The van der Waals surface area contributed by atoms with Gasteiger partial charge in [-0.25, -0.2) is 4.68 Å². The van der Waals surface area contributed by atoms with E-state index in [0.717, 1.165) is 36.1 Å². The van der Waals surface area contributed by atoms with Gasteiger partial charge in [0.2, 0.25) is 5.91 Å². The minimum absolute atomic E-state index is 0.00567. The number of carbonyl (C=O) groups is 1. The number of carbonyl (C=O) groups excluding carboxylic acids is 1. The fourth-order valence-electron chi connectivity index (χ4n) is 2.52. The van der Waals surface area contributed by atoms with Crippen molar-refractivity contribution < 1.29 is 9.90 Å². The van der Waals surface area contributed by atoms with Gasteiger partial charge < -0.3 is 10.4 Å². The molecule has 0 saturated carbocycles. The molecule has 2 rings (SSSR count). The third-order valence-electron chi connectivity index (χ3n) is 3.79. The average Bonchev–Trinajstić information content (AvgIpc) is 2.91. The van der Waals surface area contributed by atoms with Crippen LogP contribution in [0.2, 0.25) is 0 Å². The van der Waals surface area contributed by atoms with Gasteiger partial charge in [0.15, 0.2) is 0 Å². The minimum atomic E-state index is -0.0202. The van der Waals surface area contributed by atoms with E-state index in [4.69, 9.17) is 0 Å². The quantitative estimate of drug-likeness (QED) is 0.734. The van der Waals surface area contributed by atoms with Gasteiger partial charge in [-0.1, -0.05) is 44.0 Å². The summed E-state index contributed by atoms with van der Waals surface area (Å²) in [6.45, 7) is 4.48. The van der Waals surface area contributed by atoms with Crippen LogP contribution in [0.3, 0.4) is 0 Å². The highest BCUT2D eigenvalue weighted by Gasteiger charge is 2.13. The Labute approximate surface area is 137 Å². The lowest BCUT2D eigenvalue weighted by Crippen LogP contribution is -2.16. The summed E-state index contributed by atoms with van der Waals surface area (Å²) < 4.78 is 1.65. The van der Waals surface area contributed by atoms with E-state index >= 15 is 0 Å². The van der Waals surface area contributed by atoms with Crippen molar-refractivity contribution in [2.45, 2.75) is 46.1 Å². The van der Waals surface area contributed by atoms with Gasteiger partial charge in [-0.3, -0.25) is 4.79 Å². The second-order valence-electron chi connectivity index (χ2n) is 5.68. The number of benzene rings is 1. The molecular weight excluding hydrogens is 290 g/mol. The van der Waals surface area contributed by atoms with Crippen LogP contribution in [0, 0.1) is 6.92 Å². The summed E-state index contributed by atoms with van der Waals surface area (Å²) in [6, 6.07) is 9.86. The topological polar surface area (TPSA) is 67.2 Å². The smallest absolute Gasteiger partial charge is 0.225 e. The summed E-state index contributed by atoms with van der Waals surface area (Å²) in [7, 11) is 0. The largest absolute Gasteiger partial charge is 0.394 e. The summed E-state index contributed by atoms with van der Waals surface area (Å²) in [4.78, 5) is 12.0. The first-order chi connectivity index (χ1) is 11.2. The van der Waals surface area contributed by atoms with Crippen molar-refractivity contribution in [1.29, 1.82) is 0 Å². The molecule has 124 valence electrons. The van der Waals surface area contributed by atoms with E-state index in [2.05, 4.69) is 17.3 Å². The summed E-state index contributed by atoms with van der Waals surface area (Å²) in [6.07, 6.45) is 3.55. The van der Waals surface area contributed by atoms with Crippen molar-refractivity contribution in [3.8, 4) is 11.3 Å². The zero-order valence-electron chi connectivity index (χ0n) is 13.9. The maximum atomic E-state index is 12.0. The number of nitrogens with one attached hydrogen (secondary N) is 1. The van der Waals surface area contributed by atoms with E-state index < -0.39 is 0 Å². The fraction of sp³-hybridized carbons (Fsp3) is 0.444. The number of aryl methyl sites for hydroxylation is 1. The van der Waals surface area contributed by atoms with Crippen LogP contribution in [0.25, 0.3) is 11.3 Å². The molecule has 0 spiro atoms. The van der Waals surface area contributed by atoms with Crippen LogP contribution in [0.15, 0.2) is 30.3 Å². The number of aliphatic hydroxyl groups is 1. The molecule has 1 amide bonds. The van der Waals surface area contributed by atoms with E-state index in [1.165, 1.54) is 0 Å². The molecule has 2 N–H and O–H groups in total. The molecule has 1 heterocycles. The molecule has 5 heteroatoms. The van der Waals surface area contributed by atoms with Crippen LogP contribution in [-0.4, -0.2) is 27.4 Å². The predicted octanol–water partition coefficient (Wildman–Crippen LogP) is 3.37. The van der Waals surface area contributed by atoms with E-state index in [1.54, 1.807) is 4.68 Å². The lowest BCUT2D eigenvalue weighted by molar-refractivity contribution is -0.116. The number of hydrogen-bond donors (Lipinski definition) is 2. The highest BCUT2D eigenvalue weighted by atomic mass is 16.3. The van der Waals surface area contributed by atoms with Crippen molar-refractivity contribution in [1.82, 2.24) is 9.78 Å². The Hall–Kier alpha value is -2.14. The van der Waals surface area contributed by atoms with Crippen LogP contribution in [-0.2, 0) is 11.3 Å². The number of unbranched alkanes of at least 4 members (excludes halogenated alkanes) is 2. The molecule has 0 atom stereocenters. The standard InChI is InChI=1S/C18H25N3O2/c1-3-4-5-10-18(23)19-17-13-16(20-21(17)11-12-22)15-9-7-6-8-14(15)2/h6-9,13,22H,3-5,10-12H2,1-2H3,(H,19,23). The van der Waals surface area contributed by atoms with Gasteiger partial charge in [0.1, 0.15) is 5.82 Å². The molecule has 0 aliphatic carbocycles. The lowest BCUT2D eigenvalue weighted by Gasteiger charge is -2.07. The zero-order valence-corrected chi connectivity index (χ0v) is 13.9. The third-order valence-corrected chi connectivity index (χ3v) is 3.79. The Morgan fingerprint density at radius 2 is 2.09 bits per heavy atom. The first-order valence-electron chi connectivity index (χ1n) is 8.20. The normalized spacial score (nSPS) is 10.7. The van der Waals surface area contributed by atoms with Crippen LogP contribution in [0.1, 0.15) is 38.2 Å². The number of anilines is 1. The number of aliphatic hydroxyl groups excluding tert-OH is 1. The van der Waals surface area contributed by atoms with Crippen LogP contribution < -0.4 is 5.32 Å². The highest BCUT2D eigenvalue weighted by molar-refractivity contribution is 5.90. The molecular formula is C18H25N3O2. The maximum absolute atomic E-state index is 12.0. The molecule has 1 aromatic carbocycles. The zero-order chi connectivity index (χ0) is 16.7. The molecule has 0 unspecified atom stereocenters. The van der Waals surface area contributed by atoms with Gasteiger partial charge >= 0.3 is 0 Å². The first kappa shape index (κ1) is 17.2. The fourth-order valence-corrected chi connectivity index (χ4v) is 2.52. The van der Waals surface area contributed by atoms with Crippen molar-refractivity contribution in [2.24, 2.45) is 0 Å². The molecule has 2 aromatic rings. The van der Waals surface area contributed by atoms with Gasteiger partial charge in [0, 0.05) is 18.1 Å². The first-order valence-corrected chi connectivity index (χ1v) is 8.20. The van der Waals surface area contributed by atoms with Crippen LogP contribution >= 0.6 is 0 Å². The van der Waals surface area contributed by atoms with E-state index in [0.29, 0.717) is 18.8 Å². The minimum Gasteiger partial charge on any atom is -0.394 e. The maximum Gasteiger partial charge on any atom is 0.225 e. The Balaban J connectivity index is 2.18. The van der Waals surface area contributed by atoms with Crippen LogP contribution in [0.5, 0.6) is 0 Å². The summed E-state index contributed by atoms with van der Waals surface area (Å²) in [5.74, 6) is 0.632. The molecule has 0 fully saturated rings. The Kier molecular flexibility index (Phi) is 6.35. The third kappa shape index (κ3) is 4.66. The number of nitrogens with zero attached hydrogens (tertiary/aromatic N) is 2. The van der Waals surface area contributed by atoms with Gasteiger partial charge in [-0.15, -0.1) is 0 Å². The van der Waals surface area contributed by atoms with E-state index in [9.17, 15) is 9.90 Å². The summed E-state index contributed by atoms with van der Waals surface area (Å²) >= 11 is 0. The van der Waals surface area contributed by atoms with Crippen molar-refractivity contribution in [3.05, 3.63) is 35.9 Å². The number of aromatic nitrogens is 2. The van der Waals surface area contributed by atoms with Crippen molar-refractivity contribution >= 4 is 11.7 Å². The SMILES string of the molecule is CCCCCC(=O)Nc1cc(-c2ccccc2C)nn1CCO. The van der Waals surface area contributed by atoms with Crippen molar-refractivity contribution in [2.75, 3.05) is 11.9 Å². The van der Waals surface area contributed by atoms with Crippen molar-refractivity contribution in [3.63, 3.8) is 0 Å². The van der Waals surface area contributed by atoms with E-state index in [-0.39, 0.29) is 12.5 Å². The number of amides is 1. The molecule has 23 heavy (non-hydrogen) atoms. The van der Waals surface area contributed by atoms with Gasteiger partial charge in [0.05, 0.1) is 18.8 Å². The second-order valence-corrected chi connectivity index (χ2v) is 5.68. The average molecular weight is 315 g/mol. The lowest BCUT2D eigenvalue weighted by atomic mass is 10.1. The molecule has 0 radical (unpaired) electrons. The van der Waals surface area contributed by atoms with Gasteiger partial charge in [-0.2, -0.15) is 5.10 Å². The number of hydrogen-bond acceptors (Lipinski definition) is 3. The molecule has 0 aliphatic rings. The molecule has 1 aromatic heterocycles. The summed E-state index contributed by atoms with van der Waals surface area (Å²) in [5.41, 5.74) is 2.97. The highest BCUT2D eigenvalue weighted by Crippen LogP contribution is 2.25. The molecule has 0 saturated heterocycles. The molecule has 0 aliphatic heterocycles. The number of rotatable bonds is 8. The predicted molar refractivity (Wildman–Crippen MR) is 92.3 cm³/mol. The monoisotopic (exact) mass is 315 g/mol. The van der Waals surface area contributed by atoms with Crippen LogP contribution in [0.4, 0.5) is 5.82 Å². The second kappa shape index (κ2) is 8.48. The molecule has 0 bridgehead atoms.